The fourth-order valence-corrected chi connectivity index (χ4v) is 4.11. The summed E-state index contributed by atoms with van der Waals surface area (Å²) in [6, 6.07) is 9.89. The van der Waals surface area contributed by atoms with Gasteiger partial charge in [0.15, 0.2) is 5.82 Å². The van der Waals surface area contributed by atoms with Gasteiger partial charge < -0.3 is 10.3 Å². The molecule has 1 aromatic carbocycles. The molecule has 0 unspecified atom stereocenters. The quantitative estimate of drug-likeness (QED) is 0.543. The predicted octanol–water partition coefficient (Wildman–Crippen LogP) is 4.23. The summed E-state index contributed by atoms with van der Waals surface area (Å²) in [6.45, 7) is 5.61. The van der Waals surface area contributed by atoms with E-state index >= 15 is 0 Å². The van der Waals surface area contributed by atoms with Crippen LogP contribution >= 0.6 is 11.3 Å². The number of nitrogens with zero attached hydrogens (tertiary/aromatic N) is 4. The summed E-state index contributed by atoms with van der Waals surface area (Å²) in [5, 5.41) is 11.6. The molecule has 140 valence electrons. The lowest BCUT2D eigenvalue weighted by molar-refractivity contribution is -0.114. The van der Waals surface area contributed by atoms with E-state index < -0.39 is 0 Å². The van der Waals surface area contributed by atoms with Crippen molar-refractivity contribution in [3.63, 3.8) is 0 Å². The van der Waals surface area contributed by atoms with E-state index in [9.17, 15) is 4.79 Å². The van der Waals surface area contributed by atoms with E-state index in [0.717, 1.165) is 37.8 Å². The van der Waals surface area contributed by atoms with E-state index in [1.807, 2.05) is 18.2 Å². The van der Waals surface area contributed by atoms with Crippen LogP contribution in [0.3, 0.4) is 0 Å². The molecule has 2 N–H and O–H groups in total. The van der Waals surface area contributed by atoms with E-state index in [-0.39, 0.29) is 5.91 Å². The van der Waals surface area contributed by atoms with Crippen LogP contribution in [0.4, 0.5) is 5.82 Å². The number of anilines is 1. The molecule has 4 aromatic rings. The number of nitrogens with one attached hydrogen (secondary N) is 2. The Hall–Kier alpha value is -3.39. The zero-order valence-electron chi connectivity index (χ0n) is 15.6. The van der Waals surface area contributed by atoms with Gasteiger partial charge in [0.05, 0.1) is 5.69 Å². The van der Waals surface area contributed by atoms with Crippen LogP contribution in [0.2, 0.25) is 0 Å². The molecule has 0 radical (unpaired) electrons. The number of amides is 1. The third kappa shape index (κ3) is 3.41. The second-order valence-corrected chi connectivity index (χ2v) is 7.41. The molecule has 3 aromatic heterocycles. The van der Waals surface area contributed by atoms with Crippen LogP contribution in [0.5, 0.6) is 0 Å². The summed E-state index contributed by atoms with van der Waals surface area (Å²) in [5.41, 5.74) is 5.12. The summed E-state index contributed by atoms with van der Waals surface area (Å²) in [5.74, 6) is 1.01. The first-order valence-electron chi connectivity index (χ1n) is 8.71. The molecular formula is C20H18N6OS. The van der Waals surface area contributed by atoms with Crippen LogP contribution in [-0.2, 0) is 4.79 Å². The Bertz CT molecular complexity index is 1130. The third-order valence-electron chi connectivity index (χ3n) is 4.29. The van der Waals surface area contributed by atoms with Crippen molar-refractivity contribution >= 4 is 23.1 Å². The van der Waals surface area contributed by atoms with Gasteiger partial charge in [-0.1, -0.05) is 18.2 Å². The van der Waals surface area contributed by atoms with Crippen LogP contribution in [0.25, 0.3) is 32.5 Å². The van der Waals surface area contributed by atoms with Crippen LogP contribution in [0, 0.1) is 13.8 Å². The van der Waals surface area contributed by atoms with E-state index in [0.29, 0.717) is 11.6 Å². The van der Waals surface area contributed by atoms with E-state index in [1.54, 1.807) is 12.5 Å². The highest BCUT2D eigenvalue weighted by Gasteiger charge is 2.21. The highest BCUT2D eigenvalue weighted by Crippen LogP contribution is 2.41. The molecule has 7 nitrogen and oxygen atoms in total. The molecule has 28 heavy (non-hydrogen) atoms. The van der Waals surface area contributed by atoms with Gasteiger partial charge in [0.2, 0.25) is 5.91 Å². The predicted molar refractivity (Wildman–Crippen MR) is 110 cm³/mol. The van der Waals surface area contributed by atoms with Gasteiger partial charge >= 0.3 is 0 Å². The molecule has 0 fully saturated rings. The first-order valence-corrected chi connectivity index (χ1v) is 9.52. The second-order valence-electron chi connectivity index (χ2n) is 6.41. The Morgan fingerprint density at radius 1 is 1.18 bits per heavy atom. The number of carbonyl (C=O) groups excluding carboxylic acids is 1. The van der Waals surface area contributed by atoms with Gasteiger partial charge in [0.1, 0.15) is 22.0 Å². The molecule has 3 heterocycles. The van der Waals surface area contributed by atoms with Gasteiger partial charge in [-0.15, -0.1) is 21.5 Å². The Morgan fingerprint density at radius 3 is 2.64 bits per heavy atom. The number of aromatic nitrogens is 5. The minimum atomic E-state index is -0.164. The lowest BCUT2D eigenvalue weighted by atomic mass is 9.99. The van der Waals surface area contributed by atoms with E-state index in [2.05, 4.69) is 51.5 Å². The molecule has 4 rings (SSSR count). The Labute approximate surface area is 165 Å². The fourth-order valence-electron chi connectivity index (χ4n) is 3.09. The van der Waals surface area contributed by atoms with Gasteiger partial charge in [-0.2, -0.15) is 0 Å². The summed E-state index contributed by atoms with van der Waals surface area (Å²) >= 11 is 1.52. The molecule has 0 bridgehead atoms. The van der Waals surface area contributed by atoms with Crippen molar-refractivity contribution in [2.24, 2.45) is 0 Å². The Balaban J connectivity index is 1.89. The number of hydrogen-bond acceptors (Lipinski definition) is 6. The largest absolute Gasteiger partial charge is 0.327 e. The number of aryl methyl sites for hydroxylation is 2. The number of carbonyl (C=O) groups is 1. The van der Waals surface area contributed by atoms with Crippen LogP contribution in [0.1, 0.15) is 18.1 Å². The summed E-state index contributed by atoms with van der Waals surface area (Å²) in [6.07, 6.45) is 3.22. The highest BCUT2D eigenvalue weighted by atomic mass is 32.1. The molecule has 0 aliphatic carbocycles. The smallest absolute Gasteiger partial charge is 0.222 e. The first kappa shape index (κ1) is 18.0. The SMILES string of the molecule is CC(=O)Nc1cc(-c2nc(-c3c(C)cccc3C)c(-c3nnc[nH]3)s2)ccn1. The average Bonchev–Trinajstić information content (AvgIpc) is 3.31. The van der Waals surface area contributed by atoms with Crippen molar-refractivity contribution in [3.05, 3.63) is 54.0 Å². The topological polar surface area (TPSA) is 96.5 Å². The van der Waals surface area contributed by atoms with Crippen LogP contribution in [-0.4, -0.2) is 31.1 Å². The molecule has 0 spiro atoms. The third-order valence-corrected chi connectivity index (χ3v) is 5.40. The molecule has 0 aliphatic rings. The van der Waals surface area contributed by atoms with Crippen LogP contribution < -0.4 is 5.32 Å². The average molecular weight is 390 g/mol. The van der Waals surface area contributed by atoms with Crippen molar-refractivity contribution in [2.45, 2.75) is 20.8 Å². The molecule has 8 heteroatoms. The lowest BCUT2D eigenvalue weighted by Gasteiger charge is -2.08. The van der Waals surface area contributed by atoms with Crippen molar-refractivity contribution < 1.29 is 4.79 Å². The summed E-state index contributed by atoms with van der Waals surface area (Å²) in [4.78, 5) is 24.5. The molecule has 0 saturated heterocycles. The molecule has 1 amide bonds. The van der Waals surface area contributed by atoms with E-state index in [1.165, 1.54) is 18.3 Å². The lowest BCUT2D eigenvalue weighted by Crippen LogP contribution is -2.07. The summed E-state index contributed by atoms with van der Waals surface area (Å²) in [7, 11) is 0. The Morgan fingerprint density at radius 2 is 1.96 bits per heavy atom. The maximum Gasteiger partial charge on any atom is 0.222 e. The zero-order valence-corrected chi connectivity index (χ0v) is 16.5. The van der Waals surface area contributed by atoms with Crippen molar-refractivity contribution in [2.75, 3.05) is 5.32 Å². The van der Waals surface area contributed by atoms with Crippen molar-refractivity contribution in [1.29, 1.82) is 0 Å². The van der Waals surface area contributed by atoms with E-state index in [4.69, 9.17) is 4.98 Å². The monoisotopic (exact) mass is 390 g/mol. The van der Waals surface area contributed by atoms with Gasteiger partial charge in [-0.25, -0.2) is 9.97 Å². The molecule has 0 aliphatic heterocycles. The number of benzene rings is 1. The number of hydrogen-bond donors (Lipinski definition) is 2. The standard InChI is InChI=1S/C20H18N6OS/c1-11-5-4-6-12(2)16(11)17-18(19-22-10-23-26-19)28-20(25-17)14-7-8-21-15(9-14)24-13(3)27/h4-10H,1-3H3,(H,21,24,27)(H,22,23,26). The van der Waals surface area contributed by atoms with Crippen LogP contribution in [0.15, 0.2) is 42.9 Å². The minimum Gasteiger partial charge on any atom is -0.327 e. The Kier molecular flexibility index (Phi) is 4.70. The maximum absolute atomic E-state index is 11.4. The molecule has 0 atom stereocenters. The number of aromatic amines is 1. The van der Waals surface area contributed by atoms with Gasteiger partial charge in [-0.05, 0) is 37.1 Å². The normalized spacial score (nSPS) is 10.8. The first-order chi connectivity index (χ1) is 13.5. The molecule has 0 saturated carbocycles. The van der Waals surface area contributed by atoms with Gasteiger partial charge in [-0.3, -0.25) is 4.79 Å². The van der Waals surface area contributed by atoms with Crippen molar-refractivity contribution in [3.8, 4) is 32.5 Å². The maximum atomic E-state index is 11.4. The number of rotatable bonds is 4. The van der Waals surface area contributed by atoms with Crippen molar-refractivity contribution in [1.82, 2.24) is 25.1 Å². The second kappa shape index (κ2) is 7.32. The fraction of sp³-hybridized carbons (Fsp3) is 0.150. The van der Waals surface area contributed by atoms with Gasteiger partial charge in [0.25, 0.3) is 0 Å². The number of thiazole rings is 1. The minimum absolute atomic E-state index is 0.164. The molecular weight excluding hydrogens is 372 g/mol. The zero-order chi connectivity index (χ0) is 19.7. The summed E-state index contributed by atoms with van der Waals surface area (Å²) < 4.78 is 0. The highest BCUT2D eigenvalue weighted by molar-refractivity contribution is 7.18. The number of pyridine rings is 1. The van der Waals surface area contributed by atoms with Gasteiger partial charge in [0, 0.05) is 24.2 Å². The number of H-pyrrole nitrogens is 1.